The summed E-state index contributed by atoms with van der Waals surface area (Å²) in [6.45, 7) is 1.90. The summed E-state index contributed by atoms with van der Waals surface area (Å²) in [6, 6.07) is 4.89. The number of hydrogen-bond donors (Lipinski definition) is 2. The van der Waals surface area contributed by atoms with Crippen molar-refractivity contribution in [1.82, 2.24) is 10.3 Å². The summed E-state index contributed by atoms with van der Waals surface area (Å²) >= 11 is 0. The summed E-state index contributed by atoms with van der Waals surface area (Å²) in [5, 5.41) is 12.9. The van der Waals surface area contributed by atoms with E-state index in [0.29, 0.717) is 5.92 Å². The first-order valence-corrected chi connectivity index (χ1v) is 7.29. The van der Waals surface area contributed by atoms with Gasteiger partial charge in [0.15, 0.2) is 0 Å². The highest BCUT2D eigenvalue weighted by Gasteiger charge is 2.28. The average molecular weight is 261 g/mol. The van der Waals surface area contributed by atoms with E-state index in [9.17, 15) is 5.11 Å². The largest absolute Gasteiger partial charge is 0.393 e. The molecule has 2 aliphatic rings. The van der Waals surface area contributed by atoms with E-state index in [1.165, 1.54) is 18.4 Å². The number of anilines is 1. The van der Waals surface area contributed by atoms with Gasteiger partial charge in [0.2, 0.25) is 0 Å². The van der Waals surface area contributed by atoms with Crippen molar-refractivity contribution in [3.8, 4) is 0 Å². The van der Waals surface area contributed by atoms with E-state index in [1.54, 1.807) is 0 Å². The zero-order chi connectivity index (χ0) is 13.2. The minimum Gasteiger partial charge on any atom is -0.393 e. The maximum absolute atomic E-state index is 9.36. The quantitative estimate of drug-likeness (QED) is 0.815. The molecule has 4 heteroatoms. The van der Waals surface area contributed by atoms with Gasteiger partial charge < -0.3 is 15.3 Å². The maximum Gasteiger partial charge on any atom is 0.132 e. The van der Waals surface area contributed by atoms with Crippen LogP contribution < -0.4 is 10.2 Å². The van der Waals surface area contributed by atoms with Gasteiger partial charge in [0.1, 0.15) is 5.82 Å². The highest BCUT2D eigenvalue weighted by Crippen LogP contribution is 2.29. The van der Waals surface area contributed by atoms with Gasteiger partial charge >= 0.3 is 0 Å². The molecule has 0 saturated heterocycles. The van der Waals surface area contributed by atoms with Gasteiger partial charge in [-0.3, -0.25) is 0 Å². The van der Waals surface area contributed by atoms with Crippen LogP contribution in [0.5, 0.6) is 0 Å². The summed E-state index contributed by atoms with van der Waals surface area (Å²) in [5.41, 5.74) is 1.27. The first-order valence-electron chi connectivity index (χ1n) is 7.29. The second kappa shape index (κ2) is 5.47. The Hall–Kier alpha value is -1.13. The van der Waals surface area contributed by atoms with Crippen molar-refractivity contribution in [2.24, 2.45) is 5.92 Å². The fourth-order valence-electron chi connectivity index (χ4n) is 2.78. The Bertz CT molecular complexity index is 427. The molecule has 2 aliphatic carbocycles. The second-order valence-corrected chi connectivity index (χ2v) is 6.01. The molecular weight excluding hydrogens is 238 g/mol. The van der Waals surface area contributed by atoms with E-state index in [0.717, 1.165) is 37.8 Å². The topological polar surface area (TPSA) is 48.4 Å². The molecule has 0 spiro atoms. The molecule has 0 unspecified atom stereocenters. The van der Waals surface area contributed by atoms with Crippen LogP contribution in [-0.2, 0) is 6.54 Å². The molecule has 0 bridgehead atoms. The Balaban J connectivity index is 1.60. The third kappa shape index (κ3) is 3.25. The van der Waals surface area contributed by atoms with Gasteiger partial charge in [0.25, 0.3) is 0 Å². The van der Waals surface area contributed by atoms with E-state index < -0.39 is 0 Å². The molecule has 2 N–H and O–H groups in total. The van der Waals surface area contributed by atoms with Crippen molar-refractivity contribution < 1.29 is 5.11 Å². The van der Waals surface area contributed by atoms with Crippen LogP contribution in [0, 0.1) is 5.92 Å². The van der Waals surface area contributed by atoms with Crippen LogP contribution in [0.25, 0.3) is 0 Å². The number of nitrogens with zero attached hydrogens (tertiary/aromatic N) is 2. The Morgan fingerprint density at radius 1 is 1.42 bits per heavy atom. The summed E-state index contributed by atoms with van der Waals surface area (Å²) in [6.07, 6.45) is 6.29. The van der Waals surface area contributed by atoms with Crippen LogP contribution in [0.1, 0.15) is 31.2 Å². The molecule has 1 aromatic heterocycles. The molecule has 1 heterocycles. The lowest BCUT2D eigenvalue weighted by Gasteiger charge is -2.35. The van der Waals surface area contributed by atoms with Crippen molar-refractivity contribution in [3.05, 3.63) is 23.9 Å². The second-order valence-electron chi connectivity index (χ2n) is 6.01. The fourth-order valence-corrected chi connectivity index (χ4v) is 2.78. The van der Waals surface area contributed by atoms with Gasteiger partial charge in [-0.2, -0.15) is 0 Å². The predicted octanol–water partition coefficient (Wildman–Crippen LogP) is 1.54. The molecule has 0 aliphatic heterocycles. The lowest BCUT2D eigenvalue weighted by Crippen LogP contribution is -2.37. The van der Waals surface area contributed by atoms with E-state index >= 15 is 0 Å². The van der Waals surface area contributed by atoms with Crippen LogP contribution in [0.2, 0.25) is 0 Å². The van der Waals surface area contributed by atoms with Crippen molar-refractivity contribution in [2.75, 3.05) is 18.5 Å². The zero-order valence-corrected chi connectivity index (χ0v) is 11.5. The van der Waals surface area contributed by atoms with Gasteiger partial charge in [-0.05, 0) is 37.7 Å². The third-order valence-electron chi connectivity index (χ3n) is 4.13. The number of pyridine rings is 1. The van der Waals surface area contributed by atoms with Crippen molar-refractivity contribution in [1.29, 1.82) is 0 Å². The molecule has 4 nitrogen and oxygen atoms in total. The van der Waals surface area contributed by atoms with E-state index in [-0.39, 0.29) is 6.10 Å². The molecule has 19 heavy (non-hydrogen) atoms. The smallest absolute Gasteiger partial charge is 0.132 e. The first kappa shape index (κ1) is 12.9. The summed E-state index contributed by atoms with van der Waals surface area (Å²) in [5.74, 6) is 1.70. The lowest BCUT2D eigenvalue weighted by atomic mass is 9.82. The van der Waals surface area contributed by atoms with Gasteiger partial charge in [0, 0.05) is 37.9 Å². The zero-order valence-electron chi connectivity index (χ0n) is 11.5. The highest BCUT2D eigenvalue weighted by atomic mass is 16.3. The first-order chi connectivity index (χ1) is 9.22. The monoisotopic (exact) mass is 261 g/mol. The number of hydrogen-bond acceptors (Lipinski definition) is 4. The van der Waals surface area contributed by atoms with Crippen molar-refractivity contribution in [2.45, 2.75) is 44.4 Å². The third-order valence-corrected chi connectivity index (χ3v) is 4.13. The number of aliphatic hydroxyl groups is 1. The number of aromatic nitrogens is 1. The normalized spacial score (nSPS) is 26.0. The van der Waals surface area contributed by atoms with Crippen LogP contribution in [0.4, 0.5) is 5.82 Å². The molecule has 1 aromatic rings. The molecule has 0 aromatic carbocycles. The maximum atomic E-state index is 9.36. The lowest BCUT2D eigenvalue weighted by molar-refractivity contribution is 0.0464. The molecule has 0 radical (unpaired) electrons. The number of rotatable bonds is 6. The van der Waals surface area contributed by atoms with Gasteiger partial charge in [0.05, 0.1) is 6.10 Å². The molecule has 2 fully saturated rings. The molecule has 2 saturated carbocycles. The Labute approximate surface area is 114 Å². The van der Waals surface area contributed by atoms with Crippen LogP contribution in [0.3, 0.4) is 0 Å². The van der Waals surface area contributed by atoms with Gasteiger partial charge in [-0.1, -0.05) is 6.07 Å². The minimum atomic E-state index is -0.0712. The number of nitrogens with one attached hydrogen (secondary N) is 1. The molecule has 104 valence electrons. The van der Waals surface area contributed by atoms with Crippen LogP contribution in [-0.4, -0.2) is 35.8 Å². The van der Waals surface area contributed by atoms with E-state index in [4.69, 9.17) is 0 Å². The molecule has 0 amide bonds. The highest BCUT2D eigenvalue weighted by molar-refractivity contribution is 5.46. The fraction of sp³-hybridized carbons (Fsp3) is 0.667. The van der Waals surface area contributed by atoms with Crippen molar-refractivity contribution >= 4 is 5.82 Å². The predicted molar refractivity (Wildman–Crippen MR) is 76.1 cm³/mol. The summed E-state index contributed by atoms with van der Waals surface area (Å²) < 4.78 is 0. The molecule has 3 rings (SSSR count). The SMILES string of the molecule is CN(CC1CC(O)C1)c1ncccc1CNC1CC1. The Morgan fingerprint density at radius 2 is 2.21 bits per heavy atom. The Morgan fingerprint density at radius 3 is 2.89 bits per heavy atom. The number of aliphatic hydroxyl groups excluding tert-OH is 1. The van der Waals surface area contributed by atoms with Gasteiger partial charge in [-0.15, -0.1) is 0 Å². The van der Waals surface area contributed by atoms with Crippen molar-refractivity contribution in [3.63, 3.8) is 0 Å². The van der Waals surface area contributed by atoms with E-state index in [2.05, 4.69) is 28.3 Å². The summed E-state index contributed by atoms with van der Waals surface area (Å²) in [4.78, 5) is 6.77. The van der Waals surface area contributed by atoms with Crippen LogP contribution in [0.15, 0.2) is 18.3 Å². The molecular formula is C15H23N3O. The summed E-state index contributed by atoms with van der Waals surface area (Å²) in [7, 11) is 2.10. The van der Waals surface area contributed by atoms with Gasteiger partial charge in [-0.25, -0.2) is 4.98 Å². The average Bonchev–Trinajstić information content (AvgIpc) is 3.19. The van der Waals surface area contributed by atoms with Crippen LogP contribution >= 0.6 is 0 Å². The van der Waals surface area contributed by atoms with E-state index in [1.807, 2.05) is 12.3 Å². The Kier molecular flexibility index (Phi) is 3.71. The minimum absolute atomic E-state index is 0.0712. The molecule has 0 atom stereocenters. The standard InChI is InChI=1S/C15H23N3O/c1-18(10-11-7-14(19)8-11)15-12(3-2-6-16-15)9-17-13-4-5-13/h2-3,6,11,13-14,17,19H,4-5,7-10H2,1H3.